The molecule has 3 heteroatoms. The van der Waals surface area contributed by atoms with E-state index >= 15 is 0 Å². The minimum absolute atomic E-state index is 0.376. The van der Waals surface area contributed by atoms with Crippen LogP contribution in [0.25, 0.3) is 0 Å². The van der Waals surface area contributed by atoms with Gasteiger partial charge in [0.1, 0.15) is 0 Å². The summed E-state index contributed by atoms with van der Waals surface area (Å²) in [6.45, 7) is 8.93. The molecule has 0 unspecified atom stereocenters. The Kier molecular flexibility index (Phi) is 2.59. The average molecular weight is 207 g/mol. The van der Waals surface area contributed by atoms with Crippen LogP contribution in [0.15, 0.2) is 6.07 Å². The molecule has 1 N–H and O–H groups in total. The Balaban J connectivity index is 2.30. The van der Waals surface area contributed by atoms with Crippen LogP contribution in [0, 0.1) is 12.3 Å². The second-order valence-electron chi connectivity index (χ2n) is 5.03. The Bertz CT molecular complexity index is 336. The van der Waals surface area contributed by atoms with Crippen LogP contribution in [0.5, 0.6) is 0 Å². The smallest absolute Gasteiger partial charge is 0.0676 e. The van der Waals surface area contributed by atoms with Gasteiger partial charge in [-0.25, -0.2) is 0 Å². The van der Waals surface area contributed by atoms with Gasteiger partial charge in [-0.3, -0.25) is 4.68 Å². The molecule has 0 amide bonds. The van der Waals surface area contributed by atoms with Gasteiger partial charge in [0.05, 0.1) is 5.69 Å². The van der Waals surface area contributed by atoms with Crippen molar-refractivity contribution in [1.82, 2.24) is 15.1 Å². The first kappa shape index (κ1) is 10.7. The van der Waals surface area contributed by atoms with E-state index in [1.54, 1.807) is 0 Å². The van der Waals surface area contributed by atoms with E-state index in [0.717, 1.165) is 13.1 Å². The van der Waals surface area contributed by atoms with Crippen LogP contribution in [0.1, 0.15) is 37.6 Å². The van der Waals surface area contributed by atoms with E-state index in [9.17, 15) is 0 Å². The van der Waals surface area contributed by atoms with Gasteiger partial charge in [-0.15, -0.1) is 0 Å². The summed E-state index contributed by atoms with van der Waals surface area (Å²) >= 11 is 0. The Morgan fingerprint density at radius 2 is 2.40 bits per heavy atom. The highest BCUT2D eigenvalue weighted by Gasteiger charge is 2.39. The van der Waals surface area contributed by atoms with E-state index in [4.69, 9.17) is 0 Å². The third-order valence-corrected chi connectivity index (χ3v) is 4.02. The fourth-order valence-corrected chi connectivity index (χ4v) is 2.46. The zero-order chi connectivity index (χ0) is 11.1. The summed E-state index contributed by atoms with van der Waals surface area (Å²) in [5.41, 5.74) is 2.88. The molecule has 1 aromatic heterocycles. The summed E-state index contributed by atoms with van der Waals surface area (Å²) in [4.78, 5) is 0. The van der Waals surface area contributed by atoms with Crippen LogP contribution in [-0.2, 0) is 7.05 Å². The number of hydrogen-bond donors (Lipinski definition) is 1. The van der Waals surface area contributed by atoms with Crippen molar-refractivity contribution in [2.75, 3.05) is 13.1 Å². The van der Waals surface area contributed by atoms with Crippen LogP contribution in [-0.4, -0.2) is 22.9 Å². The van der Waals surface area contributed by atoms with E-state index in [0.29, 0.717) is 11.3 Å². The Morgan fingerprint density at radius 1 is 1.67 bits per heavy atom. The second kappa shape index (κ2) is 3.63. The van der Waals surface area contributed by atoms with Gasteiger partial charge in [0, 0.05) is 31.7 Å². The number of rotatable bonds is 2. The van der Waals surface area contributed by atoms with Gasteiger partial charge in [0.15, 0.2) is 0 Å². The lowest BCUT2D eigenvalue weighted by molar-refractivity contribution is 0.303. The van der Waals surface area contributed by atoms with Gasteiger partial charge >= 0.3 is 0 Å². The van der Waals surface area contributed by atoms with Gasteiger partial charge in [0.25, 0.3) is 0 Å². The molecule has 1 aliphatic heterocycles. The van der Waals surface area contributed by atoms with Crippen molar-refractivity contribution in [2.45, 2.75) is 33.1 Å². The molecule has 1 aliphatic rings. The van der Waals surface area contributed by atoms with Crippen molar-refractivity contribution in [1.29, 1.82) is 0 Å². The molecular formula is C12H21N3. The zero-order valence-corrected chi connectivity index (χ0v) is 10.2. The predicted octanol–water partition coefficient (Wildman–Crippen LogP) is 1.83. The fourth-order valence-electron chi connectivity index (χ4n) is 2.46. The molecule has 84 valence electrons. The molecular weight excluding hydrogens is 186 g/mol. The molecule has 0 saturated carbocycles. The molecule has 3 nitrogen and oxygen atoms in total. The van der Waals surface area contributed by atoms with E-state index in [2.05, 4.69) is 37.3 Å². The Morgan fingerprint density at radius 3 is 2.93 bits per heavy atom. The standard InChI is InChI=1S/C12H21N3/c1-5-12(3)8-13-7-10(12)11-6-9(2)15(4)14-11/h6,10,13H,5,7-8H2,1-4H3/t10-,12+/m0/s1. The Hall–Kier alpha value is -0.830. The van der Waals surface area contributed by atoms with Gasteiger partial charge in [-0.2, -0.15) is 5.10 Å². The fraction of sp³-hybridized carbons (Fsp3) is 0.750. The maximum Gasteiger partial charge on any atom is 0.0676 e. The summed E-state index contributed by atoms with van der Waals surface area (Å²) in [5.74, 6) is 0.572. The second-order valence-corrected chi connectivity index (χ2v) is 5.03. The summed E-state index contributed by atoms with van der Waals surface area (Å²) < 4.78 is 1.98. The predicted molar refractivity (Wildman–Crippen MR) is 62.0 cm³/mol. The van der Waals surface area contributed by atoms with Gasteiger partial charge < -0.3 is 5.32 Å². The minimum Gasteiger partial charge on any atom is -0.315 e. The van der Waals surface area contributed by atoms with Crippen molar-refractivity contribution in [3.05, 3.63) is 17.5 Å². The lowest BCUT2D eigenvalue weighted by Gasteiger charge is -2.27. The van der Waals surface area contributed by atoms with E-state index < -0.39 is 0 Å². The normalized spacial score (nSPS) is 31.1. The van der Waals surface area contributed by atoms with Crippen LogP contribution in [0.3, 0.4) is 0 Å². The molecule has 0 bridgehead atoms. The summed E-state index contributed by atoms with van der Waals surface area (Å²) in [5, 5.41) is 8.10. The lowest BCUT2D eigenvalue weighted by Crippen LogP contribution is -2.24. The van der Waals surface area contributed by atoms with E-state index in [1.165, 1.54) is 17.8 Å². The van der Waals surface area contributed by atoms with Crippen molar-refractivity contribution in [3.63, 3.8) is 0 Å². The first-order valence-electron chi connectivity index (χ1n) is 5.78. The zero-order valence-electron chi connectivity index (χ0n) is 10.2. The molecule has 1 aromatic rings. The van der Waals surface area contributed by atoms with E-state index in [-0.39, 0.29) is 0 Å². The first-order valence-corrected chi connectivity index (χ1v) is 5.78. The highest BCUT2D eigenvalue weighted by atomic mass is 15.3. The van der Waals surface area contributed by atoms with E-state index in [1.807, 2.05) is 11.7 Å². The topological polar surface area (TPSA) is 29.9 Å². The molecule has 0 aliphatic carbocycles. The highest BCUT2D eigenvalue weighted by molar-refractivity contribution is 5.19. The molecule has 0 spiro atoms. The number of aromatic nitrogens is 2. The monoisotopic (exact) mass is 207 g/mol. The maximum absolute atomic E-state index is 4.61. The Labute approximate surface area is 91.9 Å². The van der Waals surface area contributed by atoms with Crippen LogP contribution >= 0.6 is 0 Å². The largest absolute Gasteiger partial charge is 0.315 e. The number of nitrogens with zero attached hydrogens (tertiary/aromatic N) is 2. The molecule has 0 radical (unpaired) electrons. The molecule has 1 saturated heterocycles. The number of aryl methyl sites for hydroxylation is 2. The average Bonchev–Trinajstić information content (AvgIpc) is 2.73. The van der Waals surface area contributed by atoms with Gasteiger partial charge in [0.2, 0.25) is 0 Å². The number of hydrogen-bond acceptors (Lipinski definition) is 2. The number of nitrogens with one attached hydrogen (secondary N) is 1. The summed E-state index contributed by atoms with van der Waals surface area (Å²) in [7, 11) is 2.02. The third-order valence-electron chi connectivity index (χ3n) is 4.02. The molecule has 2 atom stereocenters. The summed E-state index contributed by atoms with van der Waals surface area (Å²) in [6, 6.07) is 2.23. The molecule has 15 heavy (non-hydrogen) atoms. The molecule has 2 rings (SSSR count). The van der Waals surface area contributed by atoms with Crippen molar-refractivity contribution < 1.29 is 0 Å². The first-order chi connectivity index (χ1) is 7.07. The van der Waals surface area contributed by atoms with Gasteiger partial charge in [-0.1, -0.05) is 13.8 Å². The van der Waals surface area contributed by atoms with Crippen LogP contribution in [0.4, 0.5) is 0 Å². The van der Waals surface area contributed by atoms with Crippen molar-refractivity contribution >= 4 is 0 Å². The SMILES string of the molecule is CC[C@]1(C)CNC[C@H]1c1cc(C)n(C)n1. The summed E-state index contributed by atoms with van der Waals surface area (Å²) in [6.07, 6.45) is 1.21. The maximum atomic E-state index is 4.61. The quantitative estimate of drug-likeness (QED) is 0.802. The third kappa shape index (κ3) is 1.69. The minimum atomic E-state index is 0.376. The molecule has 2 heterocycles. The molecule has 1 fully saturated rings. The van der Waals surface area contributed by atoms with Crippen molar-refractivity contribution in [3.8, 4) is 0 Å². The van der Waals surface area contributed by atoms with Crippen molar-refractivity contribution in [2.24, 2.45) is 12.5 Å². The van der Waals surface area contributed by atoms with Crippen LogP contribution < -0.4 is 5.32 Å². The van der Waals surface area contributed by atoms with Crippen LogP contribution in [0.2, 0.25) is 0 Å². The van der Waals surface area contributed by atoms with Gasteiger partial charge in [-0.05, 0) is 24.8 Å². The molecule has 0 aromatic carbocycles. The lowest BCUT2D eigenvalue weighted by atomic mass is 9.76. The highest BCUT2D eigenvalue weighted by Crippen LogP contribution is 2.40.